The van der Waals surface area contributed by atoms with Crippen LogP contribution in [0.5, 0.6) is 0 Å². The van der Waals surface area contributed by atoms with Crippen LogP contribution in [0.2, 0.25) is 0 Å². The predicted octanol–water partition coefficient (Wildman–Crippen LogP) is 11.4. The second kappa shape index (κ2) is 8.64. The molecule has 9 aromatic rings. The largest absolute Gasteiger partial charge is 0.355 e. The number of hydrogen-bond donors (Lipinski definition) is 1. The van der Waals surface area contributed by atoms with Crippen molar-refractivity contribution in [2.24, 2.45) is 0 Å². The number of benzene rings is 7. The number of hydrogen-bond acceptors (Lipinski definition) is 1. The van der Waals surface area contributed by atoms with Crippen molar-refractivity contribution in [1.29, 1.82) is 0 Å². The third kappa shape index (κ3) is 3.26. The van der Waals surface area contributed by atoms with E-state index >= 15 is 0 Å². The van der Waals surface area contributed by atoms with Crippen molar-refractivity contribution in [2.45, 2.75) is 9.79 Å². The second-order valence-corrected chi connectivity index (χ2v) is 12.5. The molecule has 0 amide bonds. The Morgan fingerprint density at radius 2 is 1.19 bits per heavy atom. The molecule has 0 unspecified atom stereocenters. The van der Waals surface area contributed by atoms with Crippen molar-refractivity contribution < 1.29 is 0 Å². The monoisotopic (exact) mass is 564 g/mol. The minimum absolute atomic E-state index is 1.18. The smallest absolute Gasteiger partial charge is 0.0558 e. The molecule has 0 spiro atoms. The minimum Gasteiger partial charge on any atom is -0.355 e. The molecule has 0 saturated carbocycles. The molecule has 0 radical (unpaired) electrons. The average molecular weight is 565 g/mol. The molecule has 1 N–H and O–H groups in total. The average Bonchev–Trinajstić information content (AvgIpc) is 3.60. The second-order valence-electron chi connectivity index (χ2n) is 11.4. The molecule has 1 aliphatic rings. The molecule has 1 aliphatic heterocycles. The molecule has 3 heteroatoms. The summed E-state index contributed by atoms with van der Waals surface area (Å²) in [6.07, 6.45) is 0. The Morgan fingerprint density at radius 3 is 2.12 bits per heavy atom. The highest BCUT2D eigenvalue weighted by Crippen LogP contribution is 2.52. The van der Waals surface area contributed by atoms with Crippen LogP contribution < -0.4 is 0 Å². The molecule has 2 aromatic heterocycles. The number of rotatable bonds is 2. The summed E-state index contributed by atoms with van der Waals surface area (Å²) in [5.41, 5.74) is 11.2. The van der Waals surface area contributed by atoms with Gasteiger partial charge in [0.15, 0.2) is 0 Å². The first kappa shape index (κ1) is 23.3. The van der Waals surface area contributed by atoms with Gasteiger partial charge in [-0.05, 0) is 76.2 Å². The Bertz CT molecular complexity index is 2590. The quantitative estimate of drug-likeness (QED) is 0.221. The Labute approximate surface area is 252 Å². The van der Waals surface area contributed by atoms with Gasteiger partial charge in [-0.3, -0.25) is 0 Å². The van der Waals surface area contributed by atoms with E-state index < -0.39 is 0 Å². The van der Waals surface area contributed by atoms with Crippen LogP contribution in [-0.4, -0.2) is 9.55 Å². The van der Waals surface area contributed by atoms with Gasteiger partial charge >= 0.3 is 0 Å². The normalized spacial score (nSPS) is 12.6. The van der Waals surface area contributed by atoms with Gasteiger partial charge in [-0.15, -0.1) is 0 Å². The van der Waals surface area contributed by atoms with Crippen molar-refractivity contribution in [2.75, 3.05) is 0 Å². The molecule has 0 fully saturated rings. The van der Waals surface area contributed by atoms with E-state index in [1.54, 1.807) is 0 Å². The van der Waals surface area contributed by atoms with Gasteiger partial charge in [-0.1, -0.05) is 103 Å². The summed E-state index contributed by atoms with van der Waals surface area (Å²) in [7, 11) is 0. The summed E-state index contributed by atoms with van der Waals surface area (Å²) >= 11 is 1.90. The lowest BCUT2D eigenvalue weighted by Crippen LogP contribution is -1.96. The van der Waals surface area contributed by atoms with Crippen LogP contribution in [0.25, 0.3) is 82.3 Å². The van der Waals surface area contributed by atoms with Gasteiger partial charge in [0, 0.05) is 53.4 Å². The van der Waals surface area contributed by atoms with Gasteiger partial charge in [0.1, 0.15) is 0 Å². The first-order valence-electron chi connectivity index (χ1n) is 14.7. The Morgan fingerprint density at radius 1 is 0.442 bits per heavy atom. The molecule has 200 valence electrons. The maximum atomic E-state index is 3.56. The van der Waals surface area contributed by atoms with E-state index in [0.29, 0.717) is 0 Å². The zero-order valence-electron chi connectivity index (χ0n) is 23.1. The number of fused-ring (bicyclic) bond motifs is 9. The highest BCUT2D eigenvalue weighted by Gasteiger charge is 2.24. The molecule has 7 aromatic carbocycles. The van der Waals surface area contributed by atoms with Crippen LogP contribution in [0.1, 0.15) is 0 Å². The molecular weight excluding hydrogens is 541 g/mol. The summed E-state index contributed by atoms with van der Waals surface area (Å²) in [5.74, 6) is 0. The van der Waals surface area contributed by atoms with Gasteiger partial charge < -0.3 is 9.55 Å². The third-order valence-corrected chi connectivity index (χ3v) is 10.2. The number of nitrogens with one attached hydrogen (secondary N) is 1. The highest BCUT2D eigenvalue weighted by molar-refractivity contribution is 7.99. The van der Waals surface area contributed by atoms with E-state index in [0.717, 1.165) is 0 Å². The topological polar surface area (TPSA) is 20.7 Å². The van der Waals surface area contributed by atoms with Crippen molar-refractivity contribution in [3.8, 4) is 27.9 Å². The Hall–Kier alpha value is -5.25. The maximum absolute atomic E-state index is 3.56. The summed E-state index contributed by atoms with van der Waals surface area (Å²) in [6.45, 7) is 0. The maximum Gasteiger partial charge on any atom is 0.0558 e. The number of aromatic nitrogens is 2. The molecular formula is C40H24N2S. The van der Waals surface area contributed by atoms with Gasteiger partial charge in [0.05, 0.1) is 11.0 Å². The zero-order valence-corrected chi connectivity index (χ0v) is 24.0. The van der Waals surface area contributed by atoms with E-state index in [4.69, 9.17) is 0 Å². The third-order valence-electron chi connectivity index (χ3n) is 9.10. The fraction of sp³-hybridized carbons (Fsp3) is 0. The van der Waals surface area contributed by atoms with E-state index in [2.05, 4.69) is 149 Å². The Balaban J connectivity index is 1.20. The SMILES string of the molecule is c1ccc(-n2c3ccccc3c3c4cccc5c4c(cc32)Sc2cc(-c3ccc4[nH]c6ccccc6c4c3)ccc2-5)cc1. The molecule has 43 heavy (non-hydrogen) atoms. The van der Waals surface area contributed by atoms with E-state index in [9.17, 15) is 0 Å². The minimum atomic E-state index is 1.18. The van der Waals surface area contributed by atoms with Crippen LogP contribution in [0.3, 0.4) is 0 Å². The van der Waals surface area contributed by atoms with Crippen LogP contribution in [0, 0.1) is 0 Å². The summed E-state index contributed by atoms with van der Waals surface area (Å²) in [5, 5.41) is 7.84. The molecule has 3 heterocycles. The van der Waals surface area contributed by atoms with Gasteiger partial charge in [0.25, 0.3) is 0 Å². The number of H-pyrrole nitrogens is 1. The molecule has 0 bridgehead atoms. The van der Waals surface area contributed by atoms with Crippen molar-refractivity contribution in [3.05, 3.63) is 140 Å². The van der Waals surface area contributed by atoms with Crippen LogP contribution >= 0.6 is 11.8 Å². The zero-order chi connectivity index (χ0) is 28.1. The fourth-order valence-electron chi connectivity index (χ4n) is 7.22. The number of aromatic amines is 1. The predicted molar refractivity (Wildman–Crippen MR) is 183 cm³/mol. The van der Waals surface area contributed by atoms with Crippen LogP contribution in [0.4, 0.5) is 0 Å². The van der Waals surface area contributed by atoms with Crippen molar-refractivity contribution in [1.82, 2.24) is 9.55 Å². The Kier molecular flexibility index (Phi) is 4.68. The van der Waals surface area contributed by atoms with E-state index in [1.807, 2.05) is 11.8 Å². The lowest BCUT2D eigenvalue weighted by atomic mass is 9.93. The summed E-state index contributed by atoms with van der Waals surface area (Å²) < 4.78 is 2.43. The van der Waals surface area contributed by atoms with Crippen LogP contribution in [0.15, 0.2) is 149 Å². The van der Waals surface area contributed by atoms with Gasteiger partial charge in [-0.2, -0.15) is 0 Å². The lowest BCUT2D eigenvalue weighted by molar-refractivity contribution is 1.18. The first-order chi connectivity index (χ1) is 21.3. The first-order valence-corrected chi connectivity index (χ1v) is 15.5. The summed E-state index contributed by atoms with van der Waals surface area (Å²) in [6, 6.07) is 51.2. The lowest BCUT2D eigenvalue weighted by Gasteiger charge is -2.22. The standard InChI is InChI=1S/C40H24N2S/c1-2-9-26(10-3-1)42-35-16-7-5-12-30(35)39-31-14-8-13-29-28-19-17-25(22-37(28)43-38(40(29)31)23-36(39)42)24-18-20-34-32(21-24)27-11-4-6-15-33(27)41-34/h1-23,41H. The number of para-hydroxylation sites is 3. The fourth-order valence-corrected chi connectivity index (χ4v) is 8.42. The van der Waals surface area contributed by atoms with Gasteiger partial charge in [-0.25, -0.2) is 0 Å². The molecule has 0 aliphatic carbocycles. The molecule has 2 nitrogen and oxygen atoms in total. The number of nitrogens with zero attached hydrogens (tertiary/aromatic N) is 1. The molecule has 0 saturated heterocycles. The van der Waals surface area contributed by atoms with Crippen molar-refractivity contribution in [3.63, 3.8) is 0 Å². The van der Waals surface area contributed by atoms with Crippen molar-refractivity contribution >= 4 is 66.1 Å². The van der Waals surface area contributed by atoms with Crippen LogP contribution in [-0.2, 0) is 0 Å². The van der Waals surface area contributed by atoms with Gasteiger partial charge in [0.2, 0.25) is 0 Å². The summed E-state index contributed by atoms with van der Waals surface area (Å²) in [4.78, 5) is 6.18. The van der Waals surface area contributed by atoms with E-state index in [-0.39, 0.29) is 0 Å². The van der Waals surface area contributed by atoms with E-state index in [1.165, 1.54) is 92.1 Å². The highest BCUT2D eigenvalue weighted by atomic mass is 32.2. The molecule has 10 rings (SSSR count). The molecule has 0 atom stereocenters.